The van der Waals surface area contributed by atoms with Crippen molar-refractivity contribution < 1.29 is 9.90 Å². The van der Waals surface area contributed by atoms with Crippen LogP contribution in [0.1, 0.15) is 65.2 Å². The van der Waals surface area contributed by atoms with Crippen LogP contribution in [-0.4, -0.2) is 35.2 Å². The predicted molar refractivity (Wildman–Crippen MR) is 80.5 cm³/mol. The summed E-state index contributed by atoms with van der Waals surface area (Å²) in [6.45, 7) is 5.63. The molecule has 0 radical (unpaired) electrons. The Morgan fingerprint density at radius 2 is 2.20 bits per heavy atom. The SMILES string of the molecule is CCCC1(C(=O)NCC2(O)CCCC(C)C2)CCCN1. The molecule has 4 heteroatoms. The lowest BCUT2D eigenvalue weighted by Crippen LogP contribution is -2.56. The highest BCUT2D eigenvalue weighted by molar-refractivity contribution is 5.86. The minimum Gasteiger partial charge on any atom is -0.388 e. The molecule has 3 N–H and O–H groups in total. The van der Waals surface area contributed by atoms with Crippen LogP contribution < -0.4 is 10.6 Å². The van der Waals surface area contributed by atoms with Crippen molar-refractivity contribution >= 4 is 5.91 Å². The van der Waals surface area contributed by atoms with Crippen LogP contribution in [0, 0.1) is 5.92 Å². The second kappa shape index (κ2) is 6.44. The third-order valence-corrected chi connectivity index (χ3v) is 5.00. The van der Waals surface area contributed by atoms with Gasteiger partial charge in [-0.3, -0.25) is 4.79 Å². The Hall–Kier alpha value is -0.610. The smallest absolute Gasteiger partial charge is 0.240 e. The molecule has 1 amide bonds. The molecule has 3 atom stereocenters. The molecule has 1 aliphatic carbocycles. The van der Waals surface area contributed by atoms with Gasteiger partial charge in [-0.2, -0.15) is 0 Å². The van der Waals surface area contributed by atoms with Gasteiger partial charge in [0, 0.05) is 6.54 Å². The monoisotopic (exact) mass is 282 g/mol. The van der Waals surface area contributed by atoms with Gasteiger partial charge in [0.05, 0.1) is 11.1 Å². The zero-order valence-electron chi connectivity index (χ0n) is 13.0. The van der Waals surface area contributed by atoms with Crippen LogP contribution in [0.3, 0.4) is 0 Å². The number of nitrogens with one attached hydrogen (secondary N) is 2. The lowest BCUT2D eigenvalue weighted by atomic mass is 9.78. The van der Waals surface area contributed by atoms with E-state index in [1.165, 1.54) is 6.42 Å². The van der Waals surface area contributed by atoms with E-state index >= 15 is 0 Å². The number of carbonyl (C=O) groups excluding carboxylic acids is 1. The van der Waals surface area contributed by atoms with E-state index in [0.29, 0.717) is 12.5 Å². The highest BCUT2D eigenvalue weighted by atomic mass is 16.3. The Kier molecular flexibility index (Phi) is 5.08. The molecule has 116 valence electrons. The highest BCUT2D eigenvalue weighted by Gasteiger charge is 2.41. The topological polar surface area (TPSA) is 61.4 Å². The molecule has 4 nitrogen and oxygen atoms in total. The van der Waals surface area contributed by atoms with Gasteiger partial charge in [0.15, 0.2) is 0 Å². The van der Waals surface area contributed by atoms with Crippen LogP contribution >= 0.6 is 0 Å². The molecule has 0 spiro atoms. The molecule has 1 heterocycles. The van der Waals surface area contributed by atoms with Crippen LogP contribution in [0.25, 0.3) is 0 Å². The number of hydrogen-bond acceptors (Lipinski definition) is 3. The van der Waals surface area contributed by atoms with Crippen LogP contribution in [0.5, 0.6) is 0 Å². The molecule has 2 aliphatic rings. The van der Waals surface area contributed by atoms with Crippen molar-refractivity contribution in [2.75, 3.05) is 13.1 Å². The molecule has 1 aliphatic heterocycles. The standard InChI is InChI=1S/C16H30N2O2/c1-3-7-16(9-5-10-18-16)14(19)17-12-15(20)8-4-6-13(2)11-15/h13,18,20H,3-12H2,1-2H3,(H,17,19). The first-order chi connectivity index (χ1) is 9.50. The van der Waals surface area contributed by atoms with Crippen molar-refractivity contribution in [2.45, 2.75) is 76.4 Å². The van der Waals surface area contributed by atoms with E-state index in [-0.39, 0.29) is 11.4 Å². The van der Waals surface area contributed by atoms with E-state index in [0.717, 1.165) is 51.5 Å². The Morgan fingerprint density at radius 1 is 1.40 bits per heavy atom. The van der Waals surface area contributed by atoms with Crippen molar-refractivity contribution in [3.05, 3.63) is 0 Å². The molecule has 0 aromatic carbocycles. The highest BCUT2D eigenvalue weighted by Crippen LogP contribution is 2.32. The molecule has 1 saturated carbocycles. The first kappa shape index (κ1) is 15.8. The van der Waals surface area contributed by atoms with Gasteiger partial charge in [0.25, 0.3) is 0 Å². The maximum atomic E-state index is 12.5. The van der Waals surface area contributed by atoms with Gasteiger partial charge in [-0.1, -0.05) is 33.1 Å². The van der Waals surface area contributed by atoms with E-state index in [2.05, 4.69) is 24.5 Å². The Morgan fingerprint density at radius 3 is 2.80 bits per heavy atom. The quantitative estimate of drug-likeness (QED) is 0.722. The van der Waals surface area contributed by atoms with Crippen molar-refractivity contribution in [2.24, 2.45) is 5.92 Å². The third kappa shape index (κ3) is 3.53. The lowest BCUT2D eigenvalue weighted by Gasteiger charge is -2.37. The van der Waals surface area contributed by atoms with Gasteiger partial charge in [-0.15, -0.1) is 0 Å². The Labute approximate surface area is 122 Å². The largest absolute Gasteiger partial charge is 0.388 e. The maximum Gasteiger partial charge on any atom is 0.240 e. The molecule has 3 unspecified atom stereocenters. The van der Waals surface area contributed by atoms with Gasteiger partial charge < -0.3 is 15.7 Å². The van der Waals surface area contributed by atoms with Crippen molar-refractivity contribution in [1.29, 1.82) is 0 Å². The summed E-state index contributed by atoms with van der Waals surface area (Å²) in [4.78, 5) is 12.5. The van der Waals surface area contributed by atoms with Gasteiger partial charge in [-0.05, 0) is 44.6 Å². The van der Waals surface area contributed by atoms with Gasteiger partial charge >= 0.3 is 0 Å². The van der Waals surface area contributed by atoms with E-state index in [1.54, 1.807) is 0 Å². The number of carbonyl (C=O) groups is 1. The van der Waals surface area contributed by atoms with Gasteiger partial charge in [0.1, 0.15) is 0 Å². The normalized spacial score (nSPS) is 37.9. The minimum atomic E-state index is -0.695. The molecule has 0 aromatic rings. The summed E-state index contributed by atoms with van der Waals surface area (Å²) < 4.78 is 0. The summed E-state index contributed by atoms with van der Waals surface area (Å²) in [5, 5.41) is 17.0. The fourth-order valence-electron chi connectivity index (χ4n) is 3.96. The lowest BCUT2D eigenvalue weighted by molar-refractivity contribution is -0.129. The summed E-state index contributed by atoms with van der Waals surface area (Å²) in [7, 11) is 0. The van der Waals surface area contributed by atoms with Crippen molar-refractivity contribution in [3.63, 3.8) is 0 Å². The predicted octanol–water partition coefficient (Wildman–Crippen LogP) is 1.97. The summed E-state index contributed by atoms with van der Waals surface area (Å²) in [6.07, 6.45) is 7.74. The van der Waals surface area contributed by atoms with Crippen LogP contribution in [0.2, 0.25) is 0 Å². The van der Waals surface area contributed by atoms with Crippen LogP contribution in [0.4, 0.5) is 0 Å². The number of amides is 1. The van der Waals surface area contributed by atoms with Crippen molar-refractivity contribution in [3.8, 4) is 0 Å². The molecule has 20 heavy (non-hydrogen) atoms. The molecular formula is C16H30N2O2. The first-order valence-corrected chi connectivity index (χ1v) is 8.25. The van der Waals surface area contributed by atoms with Crippen molar-refractivity contribution in [1.82, 2.24) is 10.6 Å². The molecule has 2 rings (SSSR count). The van der Waals surface area contributed by atoms with Gasteiger partial charge in [-0.25, -0.2) is 0 Å². The molecular weight excluding hydrogens is 252 g/mol. The third-order valence-electron chi connectivity index (χ3n) is 5.00. The Bertz CT molecular complexity index is 339. The van der Waals surface area contributed by atoms with Gasteiger partial charge in [0.2, 0.25) is 5.91 Å². The fourth-order valence-corrected chi connectivity index (χ4v) is 3.96. The first-order valence-electron chi connectivity index (χ1n) is 8.25. The summed E-state index contributed by atoms with van der Waals surface area (Å²) in [5.74, 6) is 0.642. The number of aliphatic hydroxyl groups is 1. The average Bonchev–Trinajstić information content (AvgIpc) is 2.86. The van der Waals surface area contributed by atoms with E-state index in [4.69, 9.17) is 0 Å². The number of rotatable bonds is 5. The van der Waals surface area contributed by atoms with Crippen LogP contribution in [0.15, 0.2) is 0 Å². The zero-order valence-corrected chi connectivity index (χ0v) is 13.0. The summed E-state index contributed by atoms with van der Waals surface area (Å²) >= 11 is 0. The summed E-state index contributed by atoms with van der Waals surface area (Å²) in [5.41, 5.74) is -1.08. The second-order valence-corrected chi connectivity index (χ2v) is 6.97. The maximum absolute atomic E-state index is 12.5. The second-order valence-electron chi connectivity index (χ2n) is 6.97. The molecule has 1 saturated heterocycles. The minimum absolute atomic E-state index is 0.0866. The van der Waals surface area contributed by atoms with E-state index in [9.17, 15) is 9.90 Å². The summed E-state index contributed by atoms with van der Waals surface area (Å²) in [6, 6.07) is 0. The molecule has 0 aromatic heterocycles. The number of hydrogen-bond donors (Lipinski definition) is 3. The van der Waals surface area contributed by atoms with E-state index in [1.807, 2.05) is 0 Å². The van der Waals surface area contributed by atoms with Crippen LogP contribution in [-0.2, 0) is 4.79 Å². The zero-order chi connectivity index (χ0) is 14.6. The molecule has 2 fully saturated rings. The van der Waals surface area contributed by atoms with E-state index < -0.39 is 5.60 Å². The average molecular weight is 282 g/mol. The molecule has 0 bridgehead atoms. The fraction of sp³-hybridized carbons (Fsp3) is 0.938. The Balaban J connectivity index is 1.90.